The molecule has 4 heterocycles. The third kappa shape index (κ3) is 3.83. The number of aromatic nitrogens is 3. The van der Waals surface area contributed by atoms with Gasteiger partial charge in [0.05, 0.1) is 6.54 Å². The summed E-state index contributed by atoms with van der Waals surface area (Å²) in [6.07, 6.45) is 7.71. The van der Waals surface area contributed by atoms with E-state index in [0.29, 0.717) is 12.4 Å². The van der Waals surface area contributed by atoms with Crippen LogP contribution in [0.5, 0.6) is 0 Å². The van der Waals surface area contributed by atoms with E-state index in [-0.39, 0.29) is 5.91 Å². The van der Waals surface area contributed by atoms with Crippen molar-refractivity contribution in [2.75, 3.05) is 50.7 Å². The van der Waals surface area contributed by atoms with Crippen LogP contribution in [0.4, 0.5) is 5.82 Å². The van der Waals surface area contributed by atoms with Crippen LogP contribution in [-0.4, -0.2) is 76.5 Å². The molecule has 4 rings (SSSR count). The molecule has 2 aromatic rings. The van der Waals surface area contributed by atoms with Gasteiger partial charge in [0.25, 0.3) is 0 Å². The molecule has 7 heteroatoms. The van der Waals surface area contributed by atoms with Gasteiger partial charge in [-0.25, -0.2) is 15.0 Å². The Bertz CT molecular complexity index is 721. The van der Waals surface area contributed by atoms with E-state index in [9.17, 15) is 4.79 Å². The van der Waals surface area contributed by atoms with Crippen molar-refractivity contribution in [1.29, 1.82) is 0 Å². The largest absolute Gasteiger partial charge is 0.353 e. The maximum atomic E-state index is 12.4. The molecule has 0 aliphatic carbocycles. The van der Waals surface area contributed by atoms with Crippen molar-refractivity contribution >= 4 is 11.7 Å². The van der Waals surface area contributed by atoms with Crippen molar-refractivity contribution < 1.29 is 4.79 Å². The summed E-state index contributed by atoms with van der Waals surface area (Å²) in [5.74, 6) is 1.89. The number of pyridine rings is 1. The van der Waals surface area contributed by atoms with Crippen LogP contribution >= 0.6 is 0 Å². The number of likely N-dealkylation sites (tertiary alicyclic amines) is 1. The van der Waals surface area contributed by atoms with Gasteiger partial charge in [0.2, 0.25) is 5.91 Å². The summed E-state index contributed by atoms with van der Waals surface area (Å²) in [5, 5.41) is 0. The molecule has 0 radical (unpaired) electrons. The quantitative estimate of drug-likeness (QED) is 0.826. The Morgan fingerprint density at radius 2 is 1.65 bits per heavy atom. The predicted molar refractivity (Wildman–Crippen MR) is 99.7 cm³/mol. The first-order chi connectivity index (χ1) is 12.8. The number of carbonyl (C=O) groups excluding carboxylic acids is 1. The van der Waals surface area contributed by atoms with Crippen molar-refractivity contribution in [2.45, 2.75) is 12.8 Å². The Balaban J connectivity index is 1.32. The summed E-state index contributed by atoms with van der Waals surface area (Å²) in [6, 6.07) is 5.81. The number of piperazine rings is 1. The molecule has 2 aromatic heterocycles. The monoisotopic (exact) mass is 352 g/mol. The standard InChI is InChI=1S/C19H24N6O/c26-18(15-23-8-1-2-9-23)25-12-10-24(11-13-25)17-5-4-16(14-22-17)19-20-6-3-7-21-19/h3-7,14H,1-2,8-13,15H2. The lowest BCUT2D eigenvalue weighted by Crippen LogP contribution is -2.51. The predicted octanol–water partition coefficient (Wildman–Crippen LogP) is 1.28. The SMILES string of the molecule is O=C(CN1CCCC1)N1CCN(c2ccc(-c3ncccn3)cn2)CC1. The average molecular weight is 352 g/mol. The highest BCUT2D eigenvalue weighted by atomic mass is 16.2. The molecule has 0 unspecified atom stereocenters. The van der Waals surface area contributed by atoms with Gasteiger partial charge in [-0.2, -0.15) is 0 Å². The van der Waals surface area contributed by atoms with Crippen LogP contribution in [-0.2, 0) is 4.79 Å². The summed E-state index contributed by atoms with van der Waals surface area (Å²) in [4.78, 5) is 32.0. The lowest BCUT2D eigenvalue weighted by molar-refractivity contribution is -0.132. The van der Waals surface area contributed by atoms with E-state index in [1.54, 1.807) is 18.5 Å². The lowest BCUT2D eigenvalue weighted by atomic mass is 10.2. The van der Waals surface area contributed by atoms with Crippen LogP contribution in [0.1, 0.15) is 12.8 Å². The van der Waals surface area contributed by atoms with E-state index in [1.807, 2.05) is 23.2 Å². The van der Waals surface area contributed by atoms with Crippen LogP contribution in [0.25, 0.3) is 11.4 Å². The molecule has 0 spiro atoms. The average Bonchev–Trinajstić information content (AvgIpc) is 3.22. The first-order valence-corrected chi connectivity index (χ1v) is 9.28. The van der Waals surface area contributed by atoms with Gasteiger partial charge in [-0.05, 0) is 44.1 Å². The molecular weight excluding hydrogens is 328 g/mol. The Morgan fingerprint density at radius 3 is 2.31 bits per heavy atom. The van der Waals surface area contributed by atoms with E-state index in [4.69, 9.17) is 0 Å². The van der Waals surface area contributed by atoms with Crippen LogP contribution in [0.15, 0.2) is 36.8 Å². The summed E-state index contributed by atoms with van der Waals surface area (Å²) < 4.78 is 0. The number of carbonyl (C=O) groups is 1. The molecule has 136 valence electrons. The zero-order valence-corrected chi connectivity index (χ0v) is 14.9. The molecule has 7 nitrogen and oxygen atoms in total. The third-order valence-electron chi connectivity index (χ3n) is 5.09. The second-order valence-corrected chi connectivity index (χ2v) is 6.83. The molecule has 2 aliphatic rings. The van der Waals surface area contributed by atoms with Gasteiger partial charge in [0, 0.05) is 50.3 Å². The normalized spacial score (nSPS) is 18.3. The van der Waals surface area contributed by atoms with Crippen molar-refractivity contribution in [1.82, 2.24) is 24.8 Å². The minimum Gasteiger partial charge on any atom is -0.353 e. The Morgan fingerprint density at radius 1 is 0.923 bits per heavy atom. The van der Waals surface area contributed by atoms with Gasteiger partial charge < -0.3 is 9.80 Å². The van der Waals surface area contributed by atoms with Crippen LogP contribution in [0, 0.1) is 0 Å². The second-order valence-electron chi connectivity index (χ2n) is 6.83. The maximum Gasteiger partial charge on any atom is 0.236 e. The fourth-order valence-corrected chi connectivity index (χ4v) is 3.57. The molecule has 0 atom stereocenters. The molecule has 0 aromatic carbocycles. The number of anilines is 1. The van der Waals surface area contributed by atoms with E-state index in [2.05, 4.69) is 24.8 Å². The van der Waals surface area contributed by atoms with E-state index < -0.39 is 0 Å². The van der Waals surface area contributed by atoms with Crippen LogP contribution < -0.4 is 4.90 Å². The van der Waals surface area contributed by atoms with Crippen molar-refractivity contribution in [2.24, 2.45) is 0 Å². The highest BCUT2D eigenvalue weighted by Crippen LogP contribution is 2.18. The van der Waals surface area contributed by atoms with Crippen LogP contribution in [0.3, 0.4) is 0 Å². The third-order valence-corrected chi connectivity index (χ3v) is 5.09. The Labute approximate surface area is 153 Å². The zero-order chi connectivity index (χ0) is 17.8. The lowest BCUT2D eigenvalue weighted by Gasteiger charge is -2.36. The van der Waals surface area contributed by atoms with E-state index in [0.717, 1.165) is 50.6 Å². The minimum absolute atomic E-state index is 0.260. The fourth-order valence-electron chi connectivity index (χ4n) is 3.57. The van der Waals surface area contributed by atoms with E-state index in [1.165, 1.54) is 12.8 Å². The molecule has 0 N–H and O–H groups in total. The van der Waals surface area contributed by atoms with Gasteiger partial charge in [-0.1, -0.05) is 0 Å². The highest BCUT2D eigenvalue weighted by Gasteiger charge is 2.24. The Kier molecular flexibility index (Phi) is 5.06. The molecule has 2 aliphatic heterocycles. The Hall–Kier alpha value is -2.54. The topological polar surface area (TPSA) is 65.5 Å². The van der Waals surface area contributed by atoms with Gasteiger partial charge in [-0.15, -0.1) is 0 Å². The zero-order valence-electron chi connectivity index (χ0n) is 14.9. The first kappa shape index (κ1) is 16.9. The number of amides is 1. The van der Waals surface area contributed by atoms with Crippen LogP contribution in [0.2, 0.25) is 0 Å². The summed E-state index contributed by atoms with van der Waals surface area (Å²) in [6.45, 7) is 5.86. The van der Waals surface area contributed by atoms with Gasteiger partial charge in [0.1, 0.15) is 5.82 Å². The minimum atomic E-state index is 0.260. The summed E-state index contributed by atoms with van der Waals surface area (Å²) >= 11 is 0. The summed E-state index contributed by atoms with van der Waals surface area (Å²) in [5.41, 5.74) is 0.911. The highest BCUT2D eigenvalue weighted by molar-refractivity contribution is 5.78. The number of rotatable bonds is 4. The first-order valence-electron chi connectivity index (χ1n) is 9.28. The number of hydrogen-bond acceptors (Lipinski definition) is 6. The van der Waals surface area contributed by atoms with Gasteiger partial charge >= 0.3 is 0 Å². The van der Waals surface area contributed by atoms with Gasteiger partial charge in [-0.3, -0.25) is 9.69 Å². The molecule has 0 saturated carbocycles. The smallest absolute Gasteiger partial charge is 0.236 e. The van der Waals surface area contributed by atoms with Crippen molar-refractivity contribution in [3.63, 3.8) is 0 Å². The molecule has 2 saturated heterocycles. The van der Waals surface area contributed by atoms with E-state index >= 15 is 0 Å². The fraction of sp³-hybridized carbons (Fsp3) is 0.474. The number of hydrogen-bond donors (Lipinski definition) is 0. The van der Waals surface area contributed by atoms with Crippen molar-refractivity contribution in [3.05, 3.63) is 36.8 Å². The molecule has 1 amide bonds. The molecule has 2 fully saturated rings. The number of nitrogens with zero attached hydrogens (tertiary/aromatic N) is 6. The summed E-state index contributed by atoms with van der Waals surface area (Å²) in [7, 11) is 0. The van der Waals surface area contributed by atoms with Gasteiger partial charge in [0.15, 0.2) is 5.82 Å². The van der Waals surface area contributed by atoms with Crippen molar-refractivity contribution in [3.8, 4) is 11.4 Å². The molecule has 0 bridgehead atoms. The maximum absolute atomic E-state index is 12.4. The second kappa shape index (κ2) is 7.78. The molecule has 26 heavy (non-hydrogen) atoms. The molecular formula is C19H24N6O.